The predicted octanol–water partition coefficient (Wildman–Crippen LogP) is 3.91. The molecule has 4 rings (SSSR count). The van der Waals surface area contributed by atoms with Crippen molar-refractivity contribution in [2.45, 2.75) is 16.2 Å². The van der Waals surface area contributed by atoms with Gasteiger partial charge in [0.15, 0.2) is 0 Å². The smallest absolute Gasteiger partial charge is 0.256 e. The molecule has 7 heteroatoms. The van der Waals surface area contributed by atoms with Crippen LogP contribution in [0.1, 0.15) is 26.4 Å². The third kappa shape index (κ3) is 3.89. The van der Waals surface area contributed by atoms with Gasteiger partial charge in [-0.2, -0.15) is 0 Å². The first-order valence-corrected chi connectivity index (χ1v) is 9.53. The lowest BCUT2D eigenvalue weighted by molar-refractivity contribution is 0.0952. The van der Waals surface area contributed by atoms with Crippen LogP contribution in [0.2, 0.25) is 0 Å². The van der Waals surface area contributed by atoms with E-state index in [-0.39, 0.29) is 11.8 Å². The molecule has 0 aliphatic carbocycles. The summed E-state index contributed by atoms with van der Waals surface area (Å²) in [4.78, 5) is 30.4. The number of benzene rings is 2. The van der Waals surface area contributed by atoms with Crippen molar-refractivity contribution in [1.29, 1.82) is 0 Å². The number of nitrogens with one attached hydrogen (secondary N) is 2. The van der Waals surface area contributed by atoms with Gasteiger partial charge >= 0.3 is 0 Å². The summed E-state index contributed by atoms with van der Waals surface area (Å²) in [7, 11) is 0. The Morgan fingerprint density at radius 2 is 2.00 bits per heavy atom. The van der Waals surface area contributed by atoms with E-state index in [1.807, 2.05) is 18.2 Å². The molecule has 1 aliphatic heterocycles. The molecule has 28 heavy (non-hydrogen) atoms. The molecule has 3 aromatic rings. The SMILES string of the molecule is O=C(NCCc1ccccn1)c1ccc2c(c1)NC(=O)c1ccc(F)cc1S2. The van der Waals surface area contributed by atoms with Crippen LogP contribution >= 0.6 is 11.8 Å². The third-order valence-electron chi connectivity index (χ3n) is 4.29. The highest BCUT2D eigenvalue weighted by atomic mass is 32.2. The van der Waals surface area contributed by atoms with Crippen molar-refractivity contribution in [2.75, 3.05) is 11.9 Å². The lowest BCUT2D eigenvalue weighted by atomic mass is 10.1. The second-order valence-corrected chi connectivity index (χ2v) is 7.32. The van der Waals surface area contributed by atoms with Crippen molar-refractivity contribution < 1.29 is 14.0 Å². The highest BCUT2D eigenvalue weighted by Crippen LogP contribution is 2.39. The van der Waals surface area contributed by atoms with Gasteiger partial charge in [-0.3, -0.25) is 14.6 Å². The van der Waals surface area contributed by atoms with Gasteiger partial charge in [0.05, 0.1) is 11.3 Å². The van der Waals surface area contributed by atoms with Crippen LogP contribution in [0.5, 0.6) is 0 Å². The highest BCUT2D eigenvalue weighted by molar-refractivity contribution is 7.99. The zero-order valence-corrected chi connectivity index (χ0v) is 15.6. The van der Waals surface area contributed by atoms with Gasteiger partial charge in [-0.15, -0.1) is 0 Å². The summed E-state index contributed by atoms with van der Waals surface area (Å²) in [6, 6.07) is 14.8. The Morgan fingerprint density at radius 1 is 1.11 bits per heavy atom. The molecule has 1 aromatic heterocycles. The van der Waals surface area contributed by atoms with Crippen molar-refractivity contribution in [3.05, 3.63) is 83.4 Å². The van der Waals surface area contributed by atoms with Crippen LogP contribution in [0.15, 0.2) is 70.6 Å². The predicted molar refractivity (Wildman–Crippen MR) is 105 cm³/mol. The Balaban J connectivity index is 1.49. The van der Waals surface area contributed by atoms with E-state index in [9.17, 15) is 14.0 Å². The van der Waals surface area contributed by atoms with E-state index >= 15 is 0 Å². The van der Waals surface area contributed by atoms with Gasteiger partial charge in [-0.25, -0.2) is 4.39 Å². The van der Waals surface area contributed by atoms with Gasteiger partial charge in [-0.1, -0.05) is 17.8 Å². The number of rotatable bonds is 4. The number of fused-ring (bicyclic) bond motifs is 2. The molecular weight excluding hydrogens is 377 g/mol. The molecule has 0 radical (unpaired) electrons. The molecule has 0 bridgehead atoms. The number of hydrogen-bond acceptors (Lipinski definition) is 4. The maximum atomic E-state index is 13.5. The number of amides is 2. The zero-order chi connectivity index (χ0) is 19.5. The summed E-state index contributed by atoms with van der Waals surface area (Å²) in [6.07, 6.45) is 2.35. The minimum Gasteiger partial charge on any atom is -0.352 e. The van der Waals surface area contributed by atoms with Gasteiger partial charge in [0.2, 0.25) is 0 Å². The zero-order valence-electron chi connectivity index (χ0n) is 14.7. The lowest BCUT2D eigenvalue weighted by Gasteiger charge is -2.09. The van der Waals surface area contributed by atoms with E-state index in [0.717, 1.165) is 10.6 Å². The molecule has 2 N–H and O–H groups in total. The van der Waals surface area contributed by atoms with Gasteiger partial charge in [0.1, 0.15) is 5.82 Å². The third-order valence-corrected chi connectivity index (χ3v) is 5.42. The van der Waals surface area contributed by atoms with Crippen molar-refractivity contribution in [3.63, 3.8) is 0 Å². The summed E-state index contributed by atoms with van der Waals surface area (Å²) >= 11 is 1.29. The molecule has 0 unspecified atom stereocenters. The summed E-state index contributed by atoms with van der Waals surface area (Å²) in [5, 5.41) is 5.66. The van der Waals surface area contributed by atoms with Crippen LogP contribution in [0.25, 0.3) is 0 Å². The van der Waals surface area contributed by atoms with E-state index in [2.05, 4.69) is 15.6 Å². The number of carbonyl (C=O) groups is 2. The molecule has 0 saturated heterocycles. The van der Waals surface area contributed by atoms with Crippen LogP contribution in [-0.2, 0) is 6.42 Å². The fraction of sp³-hybridized carbons (Fsp3) is 0.0952. The van der Waals surface area contributed by atoms with E-state index in [4.69, 9.17) is 0 Å². The molecule has 0 atom stereocenters. The second kappa shape index (κ2) is 7.82. The number of carbonyl (C=O) groups excluding carboxylic acids is 2. The Labute approximate surface area is 165 Å². The molecular formula is C21H16FN3O2S. The first-order valence-electron chi connectivity index (χ1n) is 8.71. The van der Waals surface area contributed by atoms with Crippen LogP contribution in [0.4, 0.5) is 10.1 Å². The summed E-state index contributed by atoms with van der Waals surface area (Å²) < 4.78 is 13.5. The summed E-state index contributed by atoms with van der Waals surface area (Å²) in [5.41, 5.74) is 2.28. The Morgan fingerprint density at radius 3 is 2.82 bits per heavy atom. The van der Waals surface area contributed by atoms with Gasteiger partial charge in [0, 0.05) is 40.2 Å². The molecule has 5 nitrogen and oxygen atoms in total. The van der Waals surface area contributed by atoms with Gasteiger partial charge in [-0.05, 0) is 48.5 Å². The number of anilines is 1. The Kier molecular flexibility index (Phi) is 5.08. The molecule has 140 valence electrons. The number of hydrogen-bond donors (Lipinski definition) is 2. The average molecular weight is 393 g/mol. The molecule has 0 fully saturated rings. The van der Waals surface area contributed by atoms with Gasteiger partial charge < -0.3 is 10.6 Å². The molecule has 0 saturated carbocycles. The standard InChI is InChI=1S/C21H16FN3O2S/c22-14-5-6-16-19(12-14)28-18-7-4-13(11-17(18)25-21(16)27)20(26)24-10-8-15-3-1-2-9-23-15/h1-7,9,11-12H,8,10H2,(H,24,26)(H,25,27). The van der Waals surface area contributed by atoms with Crippen LogP contribution in [-0.4, -0.2) is 23.3 Å². The van der Waals surface area contributed by atoms with E-state index in [0.29, 0.717) is 34.7 Å². The molecule has 2 amide bonds. The van der Waals surface area contributed by atoms with E-state index in [1.165, 1.54) is 30.0 Å². The number of pyridine rings is 1. The summed E-state index contributed by atoms with van der Waals surface area (Å²) in [6.45, 7) is 0.457. The largest absolute Gasteiger partial charge is 0.352 e. The Bertz CT molecular complexity index is 1060. The van der Waals surface area contributed by atoms with Crippen molar-refractivity contribution in [1.82, 2.24) is 10.3 Å². The van der Waals surface area contributed by atoms with Crippen LogP contribution < -0.4 is 10.6 Å². The molecule has 2 aromatic carbocycles. The Hall–Kier alpha value is -3.19. The normalized spacial score (nSPS) is 12.4. The highest BCUT2D eigenvalue weighted by Gasteiger charge is 2.21. The fourth-order valence-electron chi connectivity index (χ4n) is 2.89. The van der Waals surface area contributed by atoms with Crippen molar-refractivity contribution >= 4 is 29.3 Å². The topological polar surface area (TPSA) is 71.1 Å². The minimum absolute atomic E-state index is 0.231. The van der Waals surface area contributed by atoms with Gasteiger partial charge in [0.25, 0.3) is 11.8 Å². The minimum atomic E-state index is -0.397. The van der Waals surface area contributed by atoms with Crippen molar-refractivity contribution in [2.24, 2.45) is 0 Å². The van der Waals surface area contributed by atoms with Crippen LogP contribution in [0.3, 0.4) is 0 Å². The molecule has 0 spiro atoms. The average Bonchev–Trinajstić information content (AvgIpc) is 2.83. The number of aromatic nitrogens is 1. The maximum Gasteiger partial charge on any atom is 0.256 e. The molecule has 2 heterocycles. The monoisotopic (exact) mass is 393 g/mol. The first kappa shape index (κ1) is 18.2. The summed E-state index contributed by atoms with van der Waals surface area (Å²) in [5.74, 6) is -0.953. The number of nitrogens with zero attached hydrogens (tertiary/aromatic N) is 1. The first-order chi connectivity index (χ1) is 13.6. The quantitative estimate of drug-likeness (QED) is 0.705. The number of halogens is 1. The lowest BCUT2D eigenvalue weighted by Crippen LogP contribution is -2.26. The van der Waals surface area contributed by atoms with Crippen LogP contribution in [0, 0.1) is 5.82 Å². The second-order valence-electron chi connectivity index (χ2n) is 6.23. The maximum absolute atomic E-state index is 13.5. The molecule has 1 aliphatic rings. The fourth-order valence-corrected chi connectivity index (χ4v) is 3.92. The van der Waals surface area contributed by atoms with Crippen molar-refractivity contribution in [3.8, 4) is 0 Å². The van der Waals surface area contributed by atoms with E-state index in [1.54, 1.807) is 24.4 Å². The van der Waals surface area contributed by atoms with E-state index < -0.39 is 5.82 Å².